The molecule has 1 aliphatic rings. The first kappa shape index (κ1) is 10.9. The van der Waals surface area contributed by atoms with Crippen molar-refractivity contribution in [1.29, 1.82) is 0 Å². The molecule has 0 N–H and O–H groups in total. The van der Waals surface area contributed by atoms with Crippen molar-refractivity contribution in [2.75, 3.05) is 6.54 Å². The first-order valence-corrected chi connectivity index (χ1v) is 5.51. The molecule has 1 heterocycles. The maximum absolute atomic E-state index is 11.5. The molecule has 2 rings (SSSR count). The molecule has 0 bridgehead atoms. The second kappa shape index (κ2) is 4.51. The number of carbonyl (C=O) groups excluding carboxylic acids is 1. The van der Waals surface area contributed by atoms with Crippen molar-refractivity contribution >= 4 is 5.78 Å². The van der Waals surface area contributed by atoms with Gasteiger partial charge in [0.2, 0.25) is 5.78 Å². The van der Waals surface area contributed by atoms with E-state index in [1.54, 1.807) is 6.92 Å². The monoisotopic (exact) mass is 213 g/mol. The fourth-order valence-corrected chi connectivity index (χ4v) is 1.94. The van der Waals surface area contributed by atoms with Gasteiger partial charge in [-0.2, -0.15) is 0 Å². The standard InChI is InChI=1S/C14H15NO/c1-3-7-14(16)13-10-15(13)11(2)12-8-5-4-6-9-12/h4-6,8-9,11,13H,10H2,1-2H3/t11-,13+,15?/m1/s1. The lowest BCUT2D eigenvalue weighted by atomic mass is 10.1. The second-order valence-electron chi connectivity index (χ2n) is 4.04. The summed E-state index contributed by atoms with van der Waals surface area (Å²) in [6.45, 7) is 4.66. The van der Waals surface area contributed by atoms with Crippen LogP contribution < -0.4 is 0 Å². The van der Waals surface area contributed by atoms with Crippen LogP contribution in [0, 0.1) is 11.8 Å². The number of nitrogens with zero attached hydrogens (tertiary/aromatic N) is 1. The smallest absolute Gasteiger partial charge is 0.223 e. The average Bonchev–Trinajstić information content (AvgIpc) is 3.09. The van der Waals surface area contributed by atoms with Gasteiger partial charge in [-0.3, -0.25) is 9.69 Å². The lowest BCUT2D eigenvalue weighted by Crippen LogP contribution is -2.14. The predicted molar refractivity (Wildman–Crippen MR) is 63.8 cm³/mol. The van der Waals surface area contributed by atoms with E-state index in [0.29, 0.717) is 6.04 Å². The Morgan fingerprint density at radius 1 is 1.44 bits per heavy atom. The van der Waals surface area contributed by atoms with E-state index in [-0.39, 0.29) is 11.8 Å². The maximum atomic E-state index is 11.5. The van der Waals surface area contributed by atoms with Crippen LogP contribution in [-0.2, 0) is 4.79 Å². The van der Waals surface area contributed by atoms with Crippen molar-refractivity contribution in [3.63, 3.8) is 0 Å². The topological polar surface area (TPSA) is 20.1 Å². The zero-order valence-electron chi connectivity index (χ0n) is 9.60. The maximum Gasteiger partial charge on any atom is 0.223 e. The fraction of sp³-hybridized carbons (Fsp3) is 0.357. The van der Waals surface area contributed by atoms with Crippen LogP contribution in [0.2, 0.25) is 0 Å². The van der Waals surface area contributed by atoms with Crippen molar-refractivity contribution in [2.24, 2.45) is 0 Å². The number of ketones is 1. The van der Waals surface area contributed by atoms with Crippen molar-refractivity contribution < 1.29 is 4.79 Å². The molecule has 82 valence electrons. The Labute approximate surface area is 96.3 Å². The number of hydrogen-bond donors (Lipinski definition) is 0. The Morgan fingerprint density at radius 3 is 2.75 bits per heavy atom. The molecule has 3 atom stereocenters. The first-order chi connectivity index (χ1) is 7.74. The highest BCUT2D eigenvalue weighted by Gasteiger charge is 2.42. The zero-order valence-corrected chi connectivity index (χ0v) is 9.60. The Hall–Kier alpha value is -1.59. The third kappa shape index (κ3) is 2.15. The minimum Gasteiger partial charge on any atom is -0.283 e. The summed E-state index contributed by atoms with van der Waals surface area (Å²) in [6.07, 6.45) is 0. The van der Waals surface area contributed by atoms with Crippen LogP contribution >= 0.6 is 0 Å². The first-order valence-electron chi connectivity index (χ1n) is 5.51. The van der Waals surface area contributed by atoms with E-state index >= 15 is 0 Å². The van der Waals surface area contributed by atoms with E-state index < -0.39 is 0 Å². The Kier molecular flexibility index (Phi) is 3.07. The molecule has 2 heteroatoms. The second-order valence-corrected chi connectivity index (χ2v) is 4.04. The van der Waals surface area contributed by atoms with Crippen LogP contribution in [0.1, 0.15) is 25.5 Å². The number of hydrogen-bond acceptors (Lipinski definition) is 2. The molecule has 0 aromatic heterocycles. The number of Topliss-reactive ketones (excluding diaryl/α,β-unsaturated/α-hetero) is 1. The number of benzene rings is 1. The highest BCUT2D eigenvalue weighted by Crippen LogP contribution is 2.31. The van der Waals surface area contributed by atoms with Crippen LogP contribution in [0.4, 0.5) is 0 Å². The summed E-state index contributed by atoms with van der Waals surface area (Å²) in [4.78, 5) is 13.7. The van der Waals surface area contributed by atoms with Crippen molar-refractivity contribution in [1.82, 2.24) is 4.90 Å². The number of rotatable bonds is 3. The van der Waals surface area contributed by atoms with Crippen LogP contribution in [0.15, 0.2) is 30.3 Å². The fourth-order valence-electron chi connectivity index (χ4n) is 1.94. The SMILES string of the molecule is CC#CC(=O)[C@@H]1CN1[C@H](C)c1ccccc1. The molecule has 0 radical (unpaired) electrons. The van der Waals surface area contributed by atoms with Crippen molar-refractivity contribution in [2.45, 2.75) is 25.9 Å². The van der Waals surface area contributed by atoms with Crippen LogP contribution in [0.25, 0.3) is 0 Å². The number of carbonyl (C=O) groups is 1. The molecule has 1 unspecified atom stereocenters. The van der Waals surface area contributed by atoms with Gasteiger partial charge < -0.3 is 0 Å². The van der Waals surface area contributed by atoms with Gasteiger partial charge in [0.25, 0.3) is 0 Å². The lowest BCUT2D eigenvalue weighted by molar-refractivity contribution is -0.114. The van der Waals surface area contributed by atoms with Gasteiger partial charge in [-0.1, -0.05) is 36.3 Å². The van der Waals surface area contributed by atoms with Crippen molar-refractivity contribution in [3.8, 4) is 11.8 Å². The summed E-state index contributed by atoms with van der Waals surface area (Å²) in [6, 6.07) is 10.6. The van der Waals surface area contributed by atoms with Gasteiger partial charge in [-0.25, -0.2) is 0 Å². The molecule has 1 fully saturated rings. The quantitative estimate of drug-likeness (QED) is 0.435. The van der Waals surface area contributed by atoms with Gasteiger partial charge >= 0.3 is 0 Å². The van der Waals surface area contributed by atoms with E-state index in [1.165, 1.54) is 5.56 Å². The Bertz CT molecular complexity index is 441. The minimum absolute atomic E-state index is 0.0163. The molecule has 2 nitrogen and oxygen atoms in total. The summed E-state index contributed by atoms with van der Waals surface area (Å²) in [5, 5.41) is 0. The molecule has 0 aliphatic carbocycles. The minimum atomic E-state index is 0.0163. The molecule has 1 saturated heterocycles. The normalized spacial score (nSPS) is 24.1. The highest BCUT2D eigenvalue weighted by atomic mass is 16.1. The van der Waals surface area contributed by atoms with Crippen LogP contribution in [-0.4, -0.2) is 23.3 Å². The van der Waals surface area contributed by atoms with Gasteiger partial charge in [0.15, 0.2) is 0 Å². The Balaban J connectivity index is 2.01. The molecule has 0 saturated carbocycles. The zero-order chi connectivity index (χ0) is 11.5. The molecular weight excluding hydrogens is 198 g/mol. The summed E-state index contributed by atoms with van der Waals surface area (Å²) < 4.78 is 0. The average molecular weight is 213 g/mol. The Morgan fingerprint density at radius 2 is 2.12 bits per heavy atom. The van der Waals surface area contributed by atoms with E-state index in [1.807, 2.05) is 18.2 Å². The van der Waals surface area contributed by atoms with Crippen LogP contribution in [0.3, 0.4) is 0 Å². The molecule has 1 aromatic rings. The molecular formula is C14H15NO. The summed E-state index contributed by atoms with van der Waals surface area (Å²) >= 11 is 0. The molecule has 1 aromatic carbocycles. The van der Waals surface area contributed by atoms with Crippen molar-refractivity contribution in [3.05, 3.63) is 35.9 Å². The van der Waals surface area contributed by atoms with E-state index in [9.17, 15) is 4.79 Å². The molecule has 0 spiro atoms. The van der Waals surface area contributed by atoms with Gasteiger partial charge in [0.1, 0.15) is 0 Å². The third-order valence-corrected chi connectivity index (χ3v) is 2.98. The summed E-state index contributed by atoms with van der Waals surface area (Å²) in [5.74, 6) is 5.32. The molecule has 0 amide bonds. The van der Waals surface area contributed by atoms with E-state index in [2.05, 4.69) is 35.8 Å². The van der Waals surface area contributed by atoms with E-state index in [0.717, 1.165) is 6.54 Å². The van der Waals surface area contributed by atoms with Crippen LogP contribution in [0.5, 0.6) is 0 Å². The lowest BCUT2D eigenvalue weighted by Gasteiger charge is -2.13. The summed E-state index contributed by atoms with van der Waals surface area (Å²) in [5.41, 5.74) is 1.25. The molecule has 16 heavy (non-hydrogen) atoms. The predicted octanol–water partition coefficient (Wildman–Crippen LogP) is 2.02. The third-order valence-electron chi connectivity index (χ3n) is 2.98. The highest BCUT2D eigenvalue weighted by molar-refractivity contribution is 6.01. The van der Waals surface area contributed by atoms with Gasteiger partial charge in [-0.05, 0) is 25.3 Å². The summed E-state index contributed by atoms with van der Waals surface area (Å²) in [7, 11) is 0. The molecule has 1 aliphatic heterocycles. The largest absolute Gasteiger partial charge is 0.283 e. The van der Waals surface area contributed by atoms with Gasteiger partial charge in [-0.15, -0.1) is 0 Å². The van der Waals surface area contributed by atoms with Gasteiger partial charge in [0, 0.05) is 12.6 Å². The van der Waals surface area contributed by atoms with Gasteiger partial charge in [0.05, 0.1) is 6.04 Å². The van der Waals surface area contributed by atoms with E-state index in [4.69, 9.17) is 0 Å².